The molecule has 1 saturated heterocycles. The van der Waals surface area contributed by atoms with Gasteiger partial charge in [0.25, 0.3) is 0 Å². The van der Waals surface area contributed by atoms with E-state index < -0.39 is 24.2 Å². The SMILES string of the molecule is CCOC(=O)[C@@H]1C[C@@H](O)CN1C(=O)OC. The lowest BCUT2D eigenvalue weighted by Crippen LogP contribution is -2.41. The smallest absolute Gasteiger partial charge is 0.410 e. The number of methoxy groups -OCH3 is 1. The number of rotatable bonds is 2. The zero-order valence-corrected chi connectivity index (χ0v) is 8.80. The molecule has 0 bridgehead atoms. The maximum Gasteiger partial charge on any atom is 0.410 e. The van der Waals surface area contributed by atoms with Gasteiger partial charge in [0.2, 0.25) is 0 Å². The normalized spacial score (nSPS) is 25.1. The van der Waals surface area contributed by atoms with Gasteiger partial charge in [0, 0.05) is 6.42 Å². The van der Waals surface area contributed by atoms with E-state index in [-0.39, 0.29) is 19.6 Å². The van der Waals surface area contributed by atoms with Crippen molar-refractivity contribution in [1.29, 1.82) is 0 Å². The largest absolute Gasteiger partial charge is 0.464 e. The van der Waals surface area contributed by atoms with Crippen LogP contribution in [0.3, 0.4) is 0 Å². The van der Waals surface area contributed by atoms with Crippen LogP contribution in [0.5, 0.6) is 0 Å². The van der Waals surface area contributed by atoms with Gasteiger partial charge in [0.1, 0.15) is 6.04 Å². The van der Waals surface area contributed by atoms with Crippen molar-refractivity contribution >= 4 is 12.1 Å². The summed E-state index contributed by atoms with van der Waals surface area (Å²) in [6.07, 6.45) is -1.11. The minimum Gasteiger partial charge on any atom is -0.464 e. The Morgan fingerprint density at radius 2 is 2.20 bits per heavy atom. The highest BCUT2D eigenvalue weighted by Gasteiger charge is 2.40. The molecule has 1 N–H and O–H groups in total. The summed E-state index contributed by atoms with van der Waals surface area (Å²) < 4.78 is 9.31. The molecule has 1 fully saturated rings. The van der Waals surface area contributed by atoms with Crippen molar-refractivity contribution in [3.05, 3.63) is 0 Å². The summed E-state index contributed by atoms with van der Waals surface area (Å²) in [5.41, 5.74) is 0. The van der Waals surface area contributed by atoms with Gasteiger partial charge in [0.15, 0.2) is 0 Å². The third kappa shape index (κ3) is 2.59. The van der Waals surface area contributed by atoms with Gasteiger partial charge in [-0.3, -0.25) is 4.90 Å². The second-order valence-corrected chi connectivity index (χ2v) is 3.28. The van der Waals surface area contributed by atoms with Crippen molar-refractivity contribution < 1.29 is 24.2 Å². The third-order valence-electron chi connectivity index (χ3n) is 2.25. The first-order valence-electron chi connectivity index (χ1n) is 4.79. The van der Waals surface area contributed by atoms with E-state index in [4.69, 9.17) is 4.74 Å². The standard InChI is InChI=1S/C9H15NO5/c1-3-15-8(12)7-4-6(11)5-10(7)9(13)14-2/h6-7,11H,3-5H2,1-2H3/t6-,7+/m1/s1. The molecule has 0 unspecified atom stereocenters. The Hall–Kier alpha value is -1.30. The van der Waals surface area contributed by atoms with E-state index in [0.717, 1.165) is 0 Å². The molecule has 0 aromatic rings. The van der Waals surface area contributed by atoms with E-state index in [9.17, 15) is 14.7 Å². The molecule has 0 radical (unpaired) electrons. The van der Waals surface area contributed by atoms with Crippen molar-refractivity contribution in [3.63, 3.8) is 0 Å². The minimum atomic E-state index is -0.729. The Morgan fingerprint density at radius 3 is 2.73 bits per heavy atom. The first kappa shape index (κ1) is 11.8. The number of hydrogen-bond acceptors (Lipinski definition) is 5. The lowest BCUT2D eigenvalue weighted by Gasteiger charge is -2.20. The molecule has 1 amide bonds. The van der Waals surface area contributed by atoms with Gasteiger partial charge >= 0.3 is 12.1 Å². The summed E-state index contributed by atoms with van der Waals surface area (Å²) >= 11 is 0. The number of carbonyl (C=O) groups excluding carboxylic acids is 2. The molecule has 1 heterocycles. The van der Waals surface area contributed by atoms with Crippen LogP contribution in [0.1, 0.15) is 13.3 Å². The summed E-state index contributed by atoms with van der Waals surface area (Å²) in [7, 11) is 1.23. The molecule has 1 aliphatic rings. The van der Waals surface area contributed by atoms with Gasteiger partial charge in [-0.25, -0.2) is 9.59 Å². The number of β-amino-alcohol motifs (C(OH)–C–C–N with tert-alkyl or cyclic N) is 1. The molecule has 1 rings (SSSR count). The molecule has 6 nitrogen and oxygen atoms in total. The van der Waals surface area contributed by atoms with Crippen LogP contribution >= 0.6 is 0 Å². The van der Waals surface area contributed by atoms with Gasteiger partial charge < -0.3 is 14.6 Å². The Morgan fingerprint density at radius 1 is 1.53 bits per heavy atom. The molecule has 0 spiro atoms. The summed E-state index contributed by atoms with van der Waals surface area (Å²) in [4.78, 5) is 23.9. The van der Waals surface area contributed by atoms with Gasteiger partial charge in [-0.05, 0) is 6.92 Å². The molecule has 0 aromatic carbocycles. The summed E-state index contributed by atoms with van der Waals surface area (Å²) in [6, 6.07) is -0.729. The number of hydrogen-bond donors (Lipinski definition) is 1. The van der Waals surface area contributed by atoms with Crippen molar-refractivity contribution in [1.82, 2.24) is 4.90 Å². The van der Waals surface area contributed by atoms with Crippen LogP contribution < -0.4 is 0 Å². The number of esters is 1. The fraction of sp³-hybridized carbons (Fsp3) is 0.778. The summed E-state index contributed by atoms with van der Waals surface area (Å²) in [5.74, 6) is -0.501. The van der Waals surface area contributed by atoms with Crippen LogP contribution in [0.25, 0.3) is 0 Å². The first-order chi connectivity index (χ1) is 7.10. The Balaban J connectivity index is 2.68. The number of ether oxygens (including phenoxy) is 2. The van der Waals surface area contributed by atoms with Crippen LogP contribution in [0.15, 0.2) is 0 Å². The lowest BCUT2D eigenvalue weighted by molar-refractivity contribution is -0.147. The van der Waals surface area contributed by atoms with Crippen LogP contribution in [-0.4, -0.2) is 54.5 Å². The highest BCUT2D eigenvalue weighted by atomic mass is 16.6. The Bertz CT molecular complexity index is 255. The van der Waals surface area contributed by atoms with Crippen molar-refractivity contribution in [2.75, 3.05) is 20.3 Å². The number of nitrogens with zero attached hydrogens (tertiary/aromatic N) is 1. The van der Waals surface area contributed by atoms with Gasteiger partial charge in [-0.1, -0.05) is 0 Å². The van der Waals surface area contributed by atoms with E-state index in [1.54, 1.807) is 6.92 Å². The lowest BCUT2D eigenvalue weighted by atomic mass is 10.2. The molecule has 0 aromatic heterocycles. The average molecular weight is 217 g/mol. The number of aliphatic hydroxyl groups excluding tert-OH is 1. The predicted molar refractivity (Wildman–Crippen MR) is 50.2 cm³/mol. The van der Waals surface area contributed by atoms with Crippen molar-refractivity contribution in [2.45, 2.75) is 25.5 Å². The molecule has 0 saturated carbocycles. The van der Waals surface area contributed by atoms with Crippen LogP contribution in [-0.2, 0) is 14.3 Å². The number of carbonyl (C=O) groups is 2. The molecular formula is C9H15NO5. The maximum absolute atomic E-state index is 11.4. The van der Waals surface area contributed by atoms with Gasteiger partial charge in [-0.2, -0.15) is 0 Å². The van der Waals surface area contributed by atoms with E-state index in [0.29, 0.717) is 0 Å². The Kier molecular flexibility index (Phi) is 3.90. The molecule has 15 heavy (non-hydrogen) atoms. The van der Waals surface area contributed by atoms with Crippen LogP contribution in [0, 0.1) is 0 Å². The second-order valence-electron chi connectivity index (χ2n) is 3.28. The second kappa shape index (κ2) is 4.97. The zero-order chi connectivity index (χ0) is 11.4. The average Bonchev–Trinajstić information content (AvgIpc) is 2.59. The predicted octanol–water partition coefficient (Wildman–Crippen LogP) is -0.249. The first-order valence-corrected chi connectivity index (χ1v) is 4.79. The fourth-order valence-electron chi connectivity index (χ4n) is 1.59. The molecular weight excluding hydrogens is 202 g/mol. The van der Waals surface area contributed by atoms with Gasteiger partial charge in [0.05, 0.1) is 26.4 Å². The number of likely N-dealkylation sites (tertiary alicyclic amines) is 1. The molecule has 6 heteroatoms. The summed E-state index contributed by atoms with van der Waals surface area (Å²) in [5, 5.41) is 9.37. The minimum absolute atomic E-state index is 0.107. The number of amides is 1. The quantitative estimate of drug-likeness (QED) is 0.645. The number of aliphatic hydroxyl groups is 1. The third-order valence-corrected chi connectivity index (χ3v) is 2.25. The highest BCUT2D eigenvalue weighted by Crippen LogP contribution is 2.19. The molecule has 86 valence electrons. The van der Waals surface area contributed by atoms with Crippen LogP contribution in [0.4, 0.5) is 4.79 Å². The summed E-state index contributed by atoms with van der Waals surface area (Å²) in [6.45, 7) is 2.04. The Labute approximate surface area is 87.8 Å². The monoisotopic (exact) mass is 217 g/mol. The van der Waals surface area contributed by atoms with E-state index in [1.165, 1.54) is 12.0 Å². The van der Waals surface area contributed by atoms with Crippen molar-refractivity contribution in [2.24, 2.45) is 0 Å². The topological polar surface area (TPSA) is 76.1 Å². The maximum atomic E-state index is 11.4. The van der Waals surface area contributed by atoms with E-state index in [2.05, 4.69) is 4.74 Å². The van der Waals surface area contributed by atoms with Crippen molar-refractivity contribution in [3.8, 4) is 0 Å². The molecule has 2 atom stereocenters. The molecule has 0 aliphatic carbocycles. The molecule has 1 aliphatic heterocycles. The fourth-order valence-corrected chi connectivity index (χ4v) is 1.59. The van der Waals surface area contributed by atoms with Crippen LogP contribution in [0.2, 0.25) is 0 Å². The van der Waals surface area contributed by atoms with E-state index >= 15 is 0 Å². The zero-order valence-electron chi connectivity index (χ0n) is 8.80. The highest BCUT2D eigenvalue weighted by molar-refractivity contribution is 5.82. The van der Waals surface area contributed by atoms with Gasteiger partial charge in [-0.15, -0.1) is 0 Å². The van der Waals surface area contributed by atoms with E-state index in [1.807, 2.05) is 0 Å².